The van der Waals surface area contributed by atoms with Gasteiger partial charge in [-0.05, 0) is 0 Å². The molecule has 1 N–H and O–H groups in total. The second-order valence-corrected chi connectivity index (χ2v) is 2.62. The van der Waals surface area contributed by atoms with Gasteiger partial charge >= 0.3 is 0 Å². The summed E-state index contributed by atoms with van der Waals surface area (Å²) in [5.41, 5.74) is 2.20. The highest BCUT2D eigenvalue weighted by Crippen LogP contribution is 2.17. The van der Waals surface area contributed by atoms with Gasteiger partial charge in [0.25, 0.3) is 0 Å². The van der Waals surface area contributed by atoms with Gasteiger partial charge in [0, 0.05) is 14.1 Å². The highest BCUT2D eigenvalue weighted by molar-refractivity contribution is 5.83. The quantitative estimate of drug-likeness (QED) is 0.632. The second kappa shape index (κ2) is 2.40. The summed E-state index contributed by atoms with van der Waals surface area (Å²) in [6, 6.07) is 0. The lowest BCUT2D eigenvalue weighted by Crippen LogP contribution is -2.09. The van der Waals surface area contributed by atoms with Gasteiger partial charge in [-0.1, -0.05) is 0 Å². The van der Waals surface area contributed by atoms with Crippen molar-refractivity contribution >= 4 is 16.9 Å². The first-order valence-corrected chi connectivity index (χ1v) is 3.48. The molecule has 6 heteroatoms. The Kier molecular flexibility index (Phi) is 1.39. The molecule has 12 heavy (non-hydrogen) atoms. The fraction of sp³-hybridized carbons (Fsp3) is 0.333. The fourth-order valence-electron chi connectivity index (χ4n) is 0.994. The molecule has 62 valence electrons. The van der Waals surface area contributed by atoms with Crippen LogP contribution in [-0.2, 0) is 0 Å². The Morgan fingerprint density at radius 3 is 2.92 bits per heavy atom. The molecule has 0 atom stereocenters. The molecule has 0 saturated heterocycles. The van der Waals surface area contributed by atoms with E-state index in [9.17, 15) is 0 Å². The minimum Gasteiger partial charge on any atom is -0.374 e. The van der Waals surface area contributed by atoms with Crippen LogP contribution < -0.4 is 4.90 Å². The average molecular weight is 164 g/mol. The summed E-state index contributed by atoms with van der Waals surface area (Å²) in [5.74, 6) is 0. The van der Waals surface area contributed by atoms with Crippen LogP contribution in [0.4, 0.5) is 5.69 Å². The lowest BCUT2D eigenvalue weighted by molar-refractivity contribution is 0.946. The lowest BCUT2D eigenvalue weighted by Gasteiger charge is -2.09. The molecule has 2 heterocycles. The van der Waals surface area contributed by atoms with Crippen LogP contribution in [0.5, 0.6) is 0 Å². The number of aromatic nitrogens is 5. The molecule has 0 amide bonds. The Morgan fingerprint density at radius 1 is 1.33 bits per heavy atom. The third-order valence-electron chi connectivity index (χ3n) is 1.59. The van der Waals surface area contributed by atoms with Crippen LogP contribution in [0.15, 0.2) is 6.20 Å². The normalized spacial score (nSPS) is 10.5. The number of aromatic amines is 1. The molecule has 0 radical (unpaired) electrons. The zero-order valence-electron chi connectivity index (χ0n) is 6.81. The standard InChI is InChI=1S/C6H8N6/c1-12(2)4-3-7-9-6-5(4)8-11-10-6/h3H,1-2H3,(H,8,9,10,11). The van der Waals surface area contributed by atoms with Crippen LogP contribution in [0.25, 0.3) is 11.2 Å². The van der Waals surface area contributed by atoms with Crippen molar-refractivity contribution in [2.45, 2.75) is 0 Å². The van der Waals surface area contributed by atoms with E-state index in [4.69, 9.17) is 0 Å². The first-order chi connectivity index (χ1) is 5.79. The van der Waals surface area contributed by atoms with E-state index in [1.807, 2.05) is 19.0 Å². The molecular formula is C6H8N6. The lowest BCUT2D eigenvalue weighted by atomic mass is 10.4. The van der Waals surface area contributed by atoms with Gasteiger partial charge in [0.1, 0.15) is 0 Å². The highest BCUT2D eigenvalue weighted by Gasteiger charge is 2.07. The second-order valence-electron chi connectivity index (χ2n) is 2.62. The van der Waals surface area contributed by atoms with Gasteiger partial charge in [0.2, 0.25) is 5.65 Å². The van der Waals surface area contributed by atoms with E-state index in [0.717, 1.165) is 11.2 Å². The maximum Gasteiger partial charge on any atom is 0.225 e. The van der Waals surface area contributed by atoms with Crippen molar-refractivity contribution in [3.63, 3.8) is 0 Å². The van der Waals surface area contributed by atoms with Crippen LogP contribution >= 0.6 is 0 Å². The Bertz CT molecular complexity index is 392. The van der Waals surface area contributed by atoms with Crippen LogP contribution in [0.2, 0.25) is 0 Å². The molecule has 0 spiro atoms. The van der Waals surface area contributed by atoms with Crippen molar-refractivity contribution in [3.05, 3.63) is 6.20 Å². The number of hydrogen-bond acceptors (Lipinski definition) is 5. The van der Waals surface area contributed by atoms with E-state index in [1.54, 1.807) is 6.20 Å². The molecule has 0 aliphatic carbocycles. The van der Waals surface area contributed by atoms with Crippen molar-refractivity contribution in [1.29, 1.82) is 0 Å². The largest absolute Gasteiger partial charge is 0.374 e. The van der Waals surface area contributed by atoms with Gasteiger partial charge in [0.05, 0.1) is 11.9 Å². The van der Waals surface area contributed by atoms with E-state index >= 15 is 0 Å². The highest BCUT2D eigenvalue weighted by atomic mass is 15.4. The molecule has 0 saturated carbocycles. The fourth-order valence-corrected chi connectivity index (χ4v) is 0.994. The van der Waals surface area contributed by atoms with Gasteiger partial charge in [-0.15, -0.1) is 10.2 Å². The molecule has 2 aromatic rings. The third-order valence-corrected chi connectivity index (χ3v) is 1.59. The summed E-state index contributed by atoms with van der Waals surface area (Å²) < 4.78 is 0. The van der Waals surface area contributed by atoms with Crippen LogP contribution in [0.3, 0.4) is 0 Å². The number of fused-ring (bicyclic) bond motifs is 1. The van der Waals surface area contributed by atoms with Crippen molar-refractivity contribution < 1.29 is 0 Å². The van der Waals surface area contributed by atoms with Gasteiger partial charge in [0.15, 0.2) is 5.52 Å². The molecule has 6 nitrogen and oxygen atoms in total. The zero-order valence-corrected chi connectivity index (χ0v) is 6.81. The van der Waals surface area contributed by atoms with Gasteiger partial charge in [-0.2, -0.15) is 15.4 Å². The maximum atomic E-state index is 3.96. The van der Waals surface area contributed by atoms with Crippen molar-refractivity contribution in [2.24, 2.45) is 0 Å². The predicted octanol–water partition coefficient (Wildman–Crippen LogP) is -0.186. The van der Waals surface area contributed by atoms with E-state index in [0.29, 0.717) is 5.65 Å². The molecular weight excluding hydrogens is 156 g/mol. The Hall–Kier alpha value is -1.72. The molecule has 2 rings (SSSR count). The van der Waals surface area contributed by atoms with Gasteiger partial charge < -0.3 is 4.90 Å². The summed E-state index contributed by atoms with van der Waals surface area (Å²) in [6.45, 7) is 0. The minimum atomic E-state index is 0.543. The maximum absolute atomic E-state index is 3.96. The van der Waals surface area contributed by atoms with Crippen molar-refractivity contribution in [3.8, 4) is 0 Å². The van der Waals surface area contributed by atoms with Crippen LogP contribution in [0.1, 0.15) is 0 Å². The number of nitrogens with one attached hydrogen (secondary N) is 1. The summed E-state index contributed by atoms with van der Waals surface area (Å²) in [6.07, 6.45) is 1.66. The molecule has 0 aliphatic rings. The smallest absolute Gasteiger partial charge is 0.225 e. The minimum absolute atomic E-state index is 0.543. The molecule has 0 unspecified atom stereocenters. The number of rotatable bonds is 1. The molecule has 0 aromatic carbocycles. The first-order valence-electron chi connectivity index (χ1n) is 3.48. The first kappa shape index (κ1) is 6.96. The average Bonchev–Trinajstić information content (AvgIpc) is 2.49. The van der Waals surface area contributed by atoms with E-state index < -0.39 is 0 Å². The molecule has 0 fully saturated rings. The van der Waals surface area contributed by atoms with Crippen molar-refractivity contribution in [2.75, 3.05) is 19.0 Å². The third kappa shape index (κ3) is 0.884. The molecule has 0 aliphatic heterocycles. The van der Waals surface area contributed by atoms with Gasteiger partial charge in [-0.25, -0.2) is 0 Å². The predicted molar refractivity (Wildman–Crippen MR) is 43.8 cm³/mol. The van der Waals surface area contributed by atoms with E-state index in [-0.39, 0.29) is 0 Å². The van der Waals surface area contributed by atoms with Crippen LogP contribution in [0, 0.1) is 0 Å². The monoisotopic (exact) mass is 164 g/mol. The Morgan fingerprint density at radius 2 is 2.17 bits per heavy atom. The Labute approximate surface area is 68.6 Å². The summed E-state index contributed by atoms with van der Waals surface area (Å²) in [5, 5.41) is 17.9. The number of H-pyrrole nitrogens is 1. The van der Waals surface area contributed by atoms with E-state index in [1.165, 1.54) is 0 Å². The van der Waals surface area contributed by atoms with E-state index in [2.05, 4.69) is 25.6 Å². The number of hydrogen-bond donors (Lipinski definition) is 1. The topological polar surface area (TPSA) is 70.6 Å². The summed E-state index contributed by atoms with van der Waals surface area (Å²) in [4.78, 5) is 1.92. The SMILES string of the molecule is CN(C)c1cnnc2n[nH]nc12. The number of nitrogens with zero attached hydrogens (tertiary/aromatic N) is 5. The van der Waals surface area contributed by atoms with Crippen LogP contribution in [-0.4, -0.2) is 39.7 Å². The van der Waals surface area contributed by atoms with Gasteiger partial charge in [-0.3, -0.25) is 0 Å². The number of anilines is 1. The summed E-state index contributed by atoms with van der Waals surface area (Å²) >= 11 is 0. The Balaban J connectivity index is 2.73. The zero-order chi connectivity index (χ0) is 8.55. The van der Waals surface area contributed by atoms with Crippen molar-refractivity contribution in [1.82, 2.24) is 25.6 Å². The molecule has 0 bridgehead atoms. The summed E-state index contributed by atoms with van der Waals surface area (Å²) in [7, 11) is 3.84. The molecule has 2 aromatic heterocycles.